The summed E-state index contributed by atoms with van der Waals surface area (Å²) in [6, 6.07) is 8.90. The predicted octanol–water partition coefficient (Wildman–Crippen LogP) is 4.44. The lowest BCUT2D eigenvalue weighted by atomic mass is 10.1. The van der Waals surface area contributed by atoms with Crippen molar-refractivity contribution < 1.29 is 9.00 Å². The van der Waals surface area contributed by atoms with Gasteiger partial charge >= 0.3 is 0 Å². The number of hydrogen-bond acceptors (Lipinski definition) is 3. The number of aryl methyl sites for hydroxylation is 1. The van der Waals surface area contributed by atoms with Gasteiger partial charge < -0.3 is 4.90 Å². The van der Waals surface area contributed by atoms with Gasteiger partial charge in [-0.2, -0.15) is 0 Å². The van der Waals surface area contributed by atoms with Crippen molar-refractivity contribution in [3.8, 4) is 0 Å². The first-order valence-electron chi connectivity index (χ1n) is 11.8. The molecule has 3 rings (SSSR count). The largest absolute Gasteiger partial charge is 0.340 e. The molecule has 0 N–H and O–H groups in total. The average molecular weight is 452 g/mol. The standard InChI is InChI=1S/C14H21NOS.C9H18N2O.C2H6/c1-12-7-9-14(10-8-12)17(3,16)15-11-5-4-6-13(15)2;1-8(2)10-4-6-11(7-5-10)9(3)12;1-2/h7-10,13H,3-6,11H2,1-2H3;8H,4-7H2,1-3H3;1-2H3/t13-,17?;;/m1../s1. The zero-order valence-corrected chi connectivity index (χ0v) is 21.7. The Morgan fingerprint density at radius 3 is 2.03 bits per heavy atom. The summed E-state index contributed by atoms with van der Waals surface area (Å²) >= 11 is 0. The van der Waals surface area contributed by atoms with Crippen LogP contribution in [0, 0.1) is 6.92 Å². The van der Waals surface area contributed by atoms with Crippen molar-refractivity contribution in [1.29, 1.82) is 0 Å². The van der Waals surface area contributed by atoms with E-state index in [2.05, 4.69) is 35.8 Å². The van der Waals surface area contributed by atoms with Crippen molar-refractivity contribution >= 4 is 21.5 Å². The van der Waals surface area contributed by atoms with Gasteiger partial charge in [0.25, 0.3) is 0 Å². The fourth-order valence-corrected chi connectivity index (χ4v) is 5.89. The van der Waals surface area contributed by atoms with Crippen molar-refractivity contribution in [2.24, 2.45) is 0 Å². The van der Waals surface area contributed by atoms with Crippen LogP contribution in [0.1, 0.15) is 66.4 Å². The molecule has 1 aromatic rings. The van der Waals surface area contributed by atoms with Crippen LogP contribution < -0.4 is 0 Å². The monoisotopic (exact) mass is 451 g/mol. The number of piperidine rings is 1. The summed E-state index contributed by atoms with van der Waals surface area (Å²) in [7, 11) is -2.29. The topological polar surface area (TPSA) is 43.9 Å². The van der Waals surface area contributed by atoms with Crippen molar-refractivity contribution in [1.82, 2.24) is 14.1 Å². The van der Waals surface area contributed by atoms with Gasteiger partial charge in [0.05, 0.1) is 9.71 Å². The highest BCUT2D eigenvalue weighted by molar-refractivity contribution is 7.98. The zero-order valence-electron chi connectivity index (χ0n) is 20.9. The minimum atomic E-state index is -2.29. The van der Waals surface area contributed by atoms with E-state index < -0.39 is 9.71 Å². The molecular formula is C25H45N3O2S. The minimum Gasteiger partial charge on any atom is -0.340 e. The zero-order chi connectivity index (χ0) is 23.6. The summed E-state index contributed by atoms with van der Waals surface area (Å²) in [5.41, 5.74) is 1.19. The van der Waals surface area contributed by atoms with Gasteiger partial charge in [-0.25, -0.2) is 8.51 Å². The summed E-state index contributed by atoms with van der Waals surface area (Å²) in [5.74, 6) is 4.20. The summed E-state index contributed by atoms with van der Waals surface area (Å²) in [6.07, 6.45) is 3.49. The number of amides is 1. The highest BCUT2D eigenvalue weighted by atomic mass is 32.2. The molecular weight excluding hydrogens is 406 g/mol. The van der Waals surface area contributed by atoms with E-state index in [9.17, 15) is 9.00 Å². The van der Waals surface area contributed by atoms with Gasteiger partial charge in [-0.05, 0) is 58.5 Å². The highest BCUT2D eigenvalue weighted by Crippen LogP contribution is 2.25. The molecule has 0 aliphatic carbocycles. The van der Waals surface area contributed by atoms with Crippen LogP contribution in [0.5, 0.6) is 0 Å². The quantitative estimate of drug-likeness (QED) is 0.638. The molecule has 2 atom stereocenters. The van der Waals surface area contributed by atoms with Gasteiger partial charge in [-0.3, -0.25) is 9.69 Å². The first kappa shape index (κ1) is 27.7. The molecule has 2 aliphatic rings. The van der Waals surface area contributed by atoms with E-state index >= 15 is 0 Å². The van der Waals surface area contributed by atoms with Crippen molar-refractivity contribution in [2.75, 3.05) is 32.7 Å². The lowest BCUT2D eigenvalue weighted by Crippen LogP contribution is -2.50. The van der Waals surface area contributed by atoms with E-state index in [-0.39, 0.29) is 5.91 Å². The summed E-state index contributed by atoms with van der Waals surface area (Å²) in [6.45, 7) is 19.0. The number of hydrogen-bond donors (Lipinski definition) is 0. The normalized spacial score (nSPS) is 21.9. The molecule has 5 nitrogen and oxygen atoms in total. The van der Waals surface area contributed by atoms with Gasteiger partial charge in [0, 0.05) is 56.6 Å². The lowest BCUT2D eigenvalue weighted by molar-refractivity contribution is -0.130. The van der Waals surface area contributed by atoms with Gasteiger partial charge in [0.15, 0.2) is 0 Å². The first-order valence-corrected chi connectivity index (χ1v) is 13.5. The van der Waals surface area contributed by atoms with Crippen LogP contribution in [0.25, 0.3) is 0 Å². The van der Waals surface area contributed by atoms with Crippen LogP contribution >= 0.6 is 0 Å². The second-order valence-electron chi connectivity index (χ2n) is 8.57. The van der Waals surface area contributed by atoms with Crippen molar-refractivity contribution in [3.63, 3.8) is 0 Å². The molecule has 0 bridgehead atoms. The maximum atomic E-state index is 12.9. The van der Waals surface area contributed by atoms with Gasteiger partial charge in [0.1, 0.15) is 0 Å². The lowest BCUT2D eigenvalue weighted by Gasteiger charge is -2.36. The summed E-state index contributed by atoms with van der Waals surface area (Å²) in [5, 5.41) is 0. The Morgan fingerprint density at radius 2 is 1.58 bits per heavy atom. The van der Waals surface area contributed by atoms with Crippen LogP contribution in [0.3, 0.4) is 0 Å². The number of rotatable bonds is 3. The number of carbonyl (C=O) groups excluding carboxylic acids is 1. The SMILES string of the molecule is C=S(=O)(c1ccc(C)cc1)N1CCCC[C@H]1C.CC.CC(=O)N1CCN(C(C)C)CC1. The van der Waals surface area contributed by atoms with Crippen molar-refractivity contribution in [2.45, 2.75) is 84.7 Å². The molecule has 2 fully saturated rings. The Hall–Kier alpha value is -1.37. The molecule has 0 radical (unpaired) electrons. The van der Waals surface area contributed by atoms with Crippen LogP contribution in [0.2, 0.25) is 0 Å². The van der Waals surface area contributed by atoms with E-state index in [0.29, 0.717) is 12.1 Å². The molecule has 2 heterocycles. The second kappa shape index (κ2) is 13.2. The Kier molecular flexibility index (Phi) is 11.8. The van der Waals surface area contributed by atoms with E-state index in [0.717, 1.165) is 50.5 Å². The second-order valence-corrected chi connectivity index (χ2v) is 10.8. The molecule has 178 valence electrons. The molecule has 1 amide bonds. The Bertz CT molecular complexity index is 751. The maximum absolute atomic E-state index is 12.9. The highest BCUT2D eigenvalue weighted by Gasteiger charge is 2.26. The number of carbonyl (C=O) groups is 1. The van der Waals surface area contributed by atoms with E-state index in [1.807, 2.05) is 49.9 Å². The average Bonchev–Trinajstić information content (AvgIpc) is 2.76. The molecule has 6 heteroatoms. The molecule has 0 saturated carbocycles. The Labute approximate surface area is 191 Å². The maximum Gasteiger partial charge on any atom is 0.219 e. The molecule has 1 aromatic carbocycles. The van der Waals surface area contributed by atoms with E-state index in [4.69, 9.17) is 0 Å². The number of nitrogens with zero attached hydrogens (tertiary/aromatic N) is 3. The third-order valence-corrected chi connectivity index (χ3v) is 8.31. The minimum absolute atomic E-state index is 0.207. The Morgan fingerprint density at radius 1 is 1.03 bits per heavy atom. The van der Waals surface area contributed by atoms with Gasteiger partial charge in [0.2, 0.25) is 5.91 Å². The molecule has 0 aromatic heterocycles. The van der Waals surface area contributed by atoms with Gasteiger partial charge in [-0.15, -0.1) is 0 Å². The molecule has 0 spiro atoms. The third kappa shape index (κ3) is 8.24. The van der Waals surface area contributed by atoms with Crippen LogP contribution in [-0.2, 0) is 14.5 Å². The molecule has 2 aliphatic heterocycles. The molecule has 1 unspecified atom stereocenters. The number of piperazine rings is 1. The fraction of sp³-hybridized carbons (Fsp3) is 0.680. The Balaban J connectivity index is 0.000000303. The van der Waals surface area contributed by atoms with E-state index in [1.165, 1.54) is 12.0 Å². The van der Waals surface area contributed by atoms with Crippen molar-refractivity contribution in [3.05, 3.63) is 29.8 Å². The molecule has 31 heavy (non-hydrogen) atoms. The number of benzene rings is 1. The summed E-state index contributed by atoms with van der Waals surface area (Å²) in [4.78, 5) is 16.2. The summed E-state index contributed by atoms with van der Waals surface area (Å²) < 4.78 is 15.0. The fourth-order valence-electron chi connectivity index (χ4n) is 3.95. The first-order chi connectivity index (χ1) is 14.6. The smallest absolute Gasteiger partial charge is 0.219 e. The predicted molar refractivity (Wildman–Crippen MR) is 135 cm³/mol. The van der Waals surface area contributed by atoms with Crippen LogP contribution in [0.15, 0.2) is 29.2 Å². The third-order valence-electron chi connectivity index (χ3n) is 6.00. The molecule has 2 saturated heterocycles. The van der Waals surface area contributed by atoms with Crippen LogP contribution in [-0.4, -0.2) is 74.9 Å². The van der Waals surface area contributed by atoms with E-state index in [1.54, 1.807) is 6.92 Å². The van der Waals surface area contributed by atoms with Crippen LogP contribution in [0.4, 0.5) is 0 Å². The van der Waals surface area contributed by atoms with Gasteiger partial charge in [-0.1, -0.05) is 38.0 Å².